The van der Waals surface area contributed by atoms with E-state index < -0.39 is 0 Å². The fourth-order valence-electron chi connectivity index (χ4n) is 2.04. The third-order valence-corrected chi connectivity index (χ3v) is 3.09. The summed E-state index contributed by atoms with van der Waals surface area (Å²) in [4.78, 5) is 0. The van der Waals surface area contributed by atoms with Gasteiger partial charge in [0.15, 0.2) is 0 Å². The van der Waals surface area contributed by atoms with Crippen LogP contribution in [-0.4, -0.2) is 23.3 Å². The van der Waals surface area contributed by atoms with Gasteiger partial charge in [-0.1, -0.05) is 32.0 Å². The molecule has 0 aliphatic carbocycles. The first kappa shape index (κ1) is 13.7. The van der Waals surface area contributed by atoms with E-state index in [9.17, 15) is 0 Å². The van der Waals surface area contributed by atoms with E-state index in [2.05, 4.69) is 35.4 Å². The molecule has 102 valence electrons. The summed E-state index contributed by atoms with van der Waals surface area (Å²) in [7, 11) is 0. The van der Waals surface area contributed by atoms with Crippen LogP contribution in [0, 0.1) is 0 Å². The maximum Gasteiger partial charge on any atom is 0.248 e. The molecule has 0 atom stereocenters. The van der Waals surface area contributed by atoms with Crippen LogP contribution in [0.2, 0.25) is 0 Å². The van der Waals surface area contributed by atoms with Crippen LogP contribution in [0.3, 0.4) is 0 Å². The van der Waals surface area contributed by atoms with Gasteiger partial charge in [-0.2, -0.15) is 0 Å². The number of aryl methyl sites for hydroxylation is 2. The highest BCUT2D eigenvalue weighted by atomic mass is 16.4. The Morgan fingerprint density at radius 3 is 2.79 bits per heavy atom. The molecule has 2 aromatic rings. The van der Waals surface area contributed by atoms with Crippen LogP contribution in [0.1, 0.15) is 31.7 Å². The van der Waals surface area contributed by atoms with Gasteiger partial charge in [0.25, 0.3) is 0 Å². The molecule has 4 nitrogen and oxygen atoms in total. The van der Waals surface area contributed by atoms with E-state index in [1.165, 1.54) is 5.56 Å². The summed E-state index contributed by atoms with van der Waals surface area (Å²) >= 11 is 0. The van der Waals surface area contributed by atoms with Gasteiger partial charge in [-0.25, -0.2) is 0 Å². The highest BCUT2D eigenvalue weighted by Gasteiger charge is 2.11. The molecule has 0 aliphatic rings. The third kappa shape index (κ3) is 3.64. The minimum Gasteiger partial charge on any atom is -0.421 e. The molecule has 0 fully saturated rings. The van der Waals surface area contributed by atoms with Crippen molar-refractivity contribution < 1.29 is 4.42 Å². The first-order valence-corrected chi connectivity index (χ1v) is 6.96. The predicted molar refractivity (Wildman–Crippen MR) is 76.0 cm³/mol. The highest BCUT2D eigenvalue weighted by Crippen LogP contribution is 2.22. The Balaban J connectivity index is 2.04. The molecule has 0 bridgehead atoms. The maximum atomic E-state index is 5.74. The van der Waals surface area contributed by atoms with Crippen LogP contribution in [-0.2, 0) is 12.8 Å². The fraction of sp³-hybridized carbons (Fsp3) is 0.467. The molecule has 1 heterocycles. The van der Waals surface area contributed by atoms with E-state index in [1.807, 2.05) is 18.2 Å². The Morgan fingerprint density at radius 2 is 2.00 bits per heavy atom. The van der Waals surface area contributed by atoms with Gasteiger partial charge in [0.2, 0.25) is 11.8 Å². The van der Waals surface area contributed by atoms with Crippen molar-refractivity contribution in [3.05, 3.63) is 35.7 Å². The van der Waals surface area contributed by atoms with Crippen molar-refractivity contribution in [2.45, 2.75) is 33.1 Å². The molecule has 1 aromatic carbocycles. The number of rotatable bonds is 7. The highest BCUT2D eigenvalue weighted by molar-refractivity contribution is 5.58. The normalized spacial score (nSPS) is 10.8. The van der Waals surface area contributed by atoms with Gasteiger partial charge in [0, 0.05) is 12.0 Å². The van der Waals surface area contributed by atoms with Gasteiger partial charge in [-0.05, 0) is 37.6 Å². The van der Waals surface area contributed by atoms with E-state index in [1.54, 1.807) is 0 Å². The SMILES string of the molecule is CCNCCCc1nnc(-c2ccccc2CC)o1. The summed E-state index contributed by atoms with van der Waals surface area (Å²) in [6.07, 6.45) is 2.81. The second-order valence-corrected chi connectivity index (χ2v) is 4.47. The molecule has 0 amide bonds. The van der Waals surface area contributed by atoms with Crippen LogP contribution in [0.25, 0.3) is 11.5 Å². The summed E-state index contributed by atoms with van der Waals surface area (Å²) < 4.78 is 5.74. The van der Waals surface area contributed by atoms with Crippen LogP contribution in [0.4, 0.5) is 0 Å². The number of nitrogens with zero attached hydrogens (tertiary/aromatic N) is 2. The fourth-order valence-corrected chi connectivity index (χ4v) is 2.04. The van der Waals surface area contributed by atoms with Crippen molar-refractivity contribution in [1.29, 1.82) is 0 Å². The molecular weight excluding hydrogens is 238 g/mol. The zero-order valence-corrected chi connectivity index (χ0v) is 11.6. The second kappa shape index (κ2) is 7.04. The summed E-state index contributed by atoms with van der Waals surface area (Å²) in [5.41, 5.74) is 2.29. The maximum absolute atomic E-state index is 5.74. The Labute approximate surface area is 114 Å². The predicted octanol–water partition coefficient (Wildman–Crippen LogP) is 2.84. The molecule has 0 saturated heterocycles. The molecule has 0 radical (unpaired) electrons. The van der Waals surface area contributed by atoms with Crippen LogP contribution < -0.4 is 5.32 Å². The monoisotopic (exact) mass is 259 g/mol. The van der Waals surface area contributed by atoms with Crippen molar-refractivity contribution >= 4 is 0 Å². The average molecular weight is 259 g/mol. The van der Waals surface area contributed by atoms with Crippen molar-refractivity contribution in [3.8, 4) is 11.5 Å². The van der Waals surface area contributed by atoms with E-state index in [4.69, 9.17) is 4.42 Å². The zero-order chi connectivity index (χ0) is 13.5. The number of nitrogens with one attached hydrogen (secondary N) is 1. The number of hydrogen-bond acceptors (Lipinski definition) is 4. The smallest absolute Gasteiger partial charge is 0.248 e. The standard InChI is InChI=1S/C15H21N3O/c1-3-12-8-5-6-9-13(12)15-18-17-14(19-15)10-7-11-16-4-2/h5-6,8-9,16H,3-4,7,10-11H2,1-2H3. The van der Waals surface area contributed by atoms with E-state index in [0.717, 1.165) is 43.8 Å². The lowest BCUT2D eigenvalue weighted by molar-refractivity contribution is 0.492. The Hall–Kier alpha value is -1.68. The lowest BCUT2D eigenvalue weighted by atomic mass is 10.1. The van der Waals surface area contributed by atoms with E-state index in [0.29, 0.717) is 5.89 Å². The molecule has 4 heteroatoms. The topological polar surface area (TPSA) is 51.0 Å². The molecule has 19 heavy (non-hydrogen) atoms. The summed E-state index contributed by atoms with van der Waals surface area (Å²) in [6, 6.07) is 8.18. The minimum atomic E-state index is 0.635. The van der Waals surface area contributed by atoms with Gasteiger partial charge in [-0.15, -0.1) is 10.2 Å². The van der Waals surface area contributed by atoms with Gasteiger partial charge in [-0.3, -0.25) is 0 Å². The summed E-state index contributed by atoms with van der Waals surface area (Å²) in [5, 5.41) is 11.6. The van der Waals surface area contributed by atoms with Crippen molar-refractivity contribution in [1.82, 2.24) is 15.5 Å². The third-order valence-electron chi connectivity index (χ3n) is 3.09. The van der Waals surface area contributed by atoms with Crippen LogP contribution >= 0.6 is 0 Å². The van der Waals surface area contributed by atoms with Gasteiger partial charge >= 0.3 is 0 Å². The Morgan fingerprint density at radius 1 is 1.16 bits per heavy atom. The van der Waals surface area contributed by atoms with Gasteiger partial charge in [0.05, 0.1) is 0 Å². The minimum absolute atomic E-state index is 0.635. The average Bonchev–Trinajstić information content (AvgIpc) is 2.92. The van der Waals surface area contributed by atoms with Crippen molar-refractivity contribution in [2.75, 3.05) is 13.1 Å². The lowest BCUT2D eigenvalue weighted by Gasteiger charge is -2.02. The molecule has 1 aromatic heterocycles. The lowest BCUT2D eigenvalue weighted by Crippen LogP contribution is -2.14. The van der Waals surface area contributed by atoms with Gasteiger partial charge < -0.3 is 9.73 Å². The second-order valence-electron chi connectivity index (χ2n) is 4.47. The molecule has 2 rings (SSSR count). The first-order valence-electron chi connectivity index (χ1n) is 6.96. The van der Waals surface area contributed by atoms with Crippen molar-refractivity contribution in [2.24, 2.45) is 0 Å². The Kier molecular flexibility index (Phi) is 5.10. The van der Waals surface area contributed by atoms with E-state index >= 15 is 0 Å². The molecule has 1 N–H and O–H groups in total. The molecule has 0 saturated carbocycles. The van der Waals surface area contributed by atoms with E-state index in [-0.39, 0.29) is 0 Å². The van der Waals surface area contributed by atoms with Gasteiger partial charge in [0.1, 0.15) is 0 Å². The zero-order valence-electron chi connectivity index (χ0n) is 11.6. The number of benzene rings is 1. The number of hydrogen-bond donors (Lipinski definition) is 1. The molecular formula is C15H21N3O. The quantitative estimate of drug-likeness (QED) is 0.777. The number of aromatic nitrogens is 2. The first-order chi connectivity index (χ1) is 9.35. The Bertz CT molecular complexity index is 508. The molecule has 0 unspecified atom stereocenters. The summed E-state index contributed by atoms with van der Waals surface area (Å²) in [6.45, 7) is 6.22. The largest absolute Gasteiger partial charge is 0.421 e. The van der Waals surface area contributed by atoms with Crippen LogP contribution in [0.15, 0.2) is 28.7 Å². The summed E-state index contributed by atoms with van der Waals surface area (Å²) in [5.74, 6) is 1.36. The van der Waals surface area contributed by atoms with Crippen molar-refractivity contribution in [3.63, 3.8) is 0 Å². The van der Waals surface area contributed by atoms with Crippen LogP contribution in [0.5, 0.6) is 0 Å². The molecule has 0 aliphatic heterocycles. The molecule has 0 spiro atoms.